The number of aryl methyl sites for hydroxylation is 1. The highest BCUT2D eigenvalue weighted by molar-refractivity contribution is 7.89. The summed E-state index contributed by atoms with van der Waals surface area (Å²) in [5.74, 6) is 0.468. The highest BCUT2D eigenvalue weighted by atomic mass is 32.2. The lowest BCUT2D eigenvalue weighted by atomic mass is 9.87. The van der Waals surface area contributed by atoms with Gasteiger partial charge < -0.3 is 9.64 Å². The molecule has 3 rings (SSSR count). The Balaban J connectivity index is 1.81. The van der Waals surface area contributed by atoms with Gasteiger partial charge in [-0.05, 0) is 48.6 Å². The van der Waals surface area contributed by atoms with Gasteiger partial charge >= 0.3 is 0 Å². The molecule has 32 heavy (non-hydrogen) atoms. The fourth-order valence-corrected chi connectivity index (χ4v) is 5.49. The number of piperazine rings is 1. The van der Waals surface area contributed by atoms with Crippen LogP contribution in [0, 0.1) is 6.92 Å². The fraction of sp³-hybridized carbons (Fsp3) is 0.538. The van der Waals surface area contributed by atoms with Crippen LogP contribution in [0.3, 0.4) is 0 Å². The SMILES string of the molecule is CCCCCOc1ccc(C(C)(C)C)cc1S(=O)(=O)N1CCN(c2ccc(C)cc2)CC1. The van der Waals surface area contributed by atoms with Crippen LogP contribution in [0.2, 0.25) is 0 Å². The Hall–Kier alpha value is -2.05. The average Bonchev–Trinajstić information content (AvgIpc) is 2.76. The van der Waals surface area contributed by atoms with Gasteiger partial charge in [0.1, 0.15) is 10.6 Å². The van der Waals surface area contributed by atoms with E-state index in [9.17, 15) is 8.42 Å². The van der Waals surface area contributed by atoms with Gasteiger partial charge in [-0.2, -0.15) is 4.31 Å². The van der Waals surface area contributed by atoms with Gasteiger partial charge in [0.05, 0.1) is 6.61 Å². The van der Waals surface area contributed by atoms with E-state index in [1.54, 1.807) is 4.31 Å². The van der Waals surface area contributed by atoms with Crippen LogP contribution in [0.15, 0.2) is 47.4 Å². The molecule has 0 aliphatic carbocycles. The van der Waals surface area contributed by atoms with Crippen LogP contribution in [0.5, 0.6) is 5.75 Å². The second-order valence-electron chi connectivity index (χ2n) is 9.69. The van der Waals surface area contributed by atoms with E-state index >= 15 is 0 Å². The molecule has 1 saturated heterocycles. The van der Waals surface area contributed by atoms with E-state index < -0.39 is 10.0 Å². The van der Waals surface area contributed by atoms with Crippen LogP contribution in [0.4, 0.5) is 5.69 Å². The van der Waals surface area contributed by atoms with Gasteiger partial charge in [0.15, 0.2) is 0 Å². The summed E-state index contributed by atoms with van der Waals surface area (Å²) in [6.45, 7) is 13.3. The highest BCUT2D eigenvalue weighted by Gasteiger charge is 2.32. The summed E-state index contributed by atoms with van der Waals surface area (Å²) in [5.41, 5.74) is 3.22. The Labute approximate surface area is 194 Å². The third-order valence-corrected chi connectivity index (χ3v) is 7.99. The number of ether oxygens (including phenoxy) is 1. The first-order valence-corrected chi connectivity index (χ1v) is 13.2. The van der Waals surface area contributed by atoms with Crippen molar-refractivity contribution in [1.82, 2.24) is 4.31 Å². The first-order chi connectivity index (χ1) is 15.1. The molecule has 0 bridgehead atoms. The Morgan fingerprint density at radius 3 is 2.19 bits per heavy atom. The molecule has 0 N–H and O–H groups in total. The van der Waals surface area contributed by atoms with Crippen molar-refractivity contribution in [3.63, 3.8) is 0 Å². The van der Waals surface area contributed by atoms with Gasteiger partial charge in [-0.15, -0.1) is 0 Å². The number of rotatable bonds is 8. The minimum Gasteiger partial charge on any atom is -0.492 e. The number of nitrogens with zero attached hydrogens (tertiary/aromatic N) is 2. The quantitative estimate of drug-likeness (QED) is 0.499. The fourth-order valence-electron chi connectivity index (χ4n) is 3.91. The summed E-state index contributed by atoms with van der Waals surface area (Å²) in [6.07, 6.45) is 3.10. The van der Waals surface area contributed by atoms with E-state index in [0.717, 1.165) is 30.5 Å². The summed E-state index contributed by atoms with van der Waals surface area (Å²) < 4.78 is 35.0. The lowest BCUT2D eigenvalue weighted by Crippen LogP contribution is -2.48. The van der Waals surface area contributed by atoms with Crippen LogP contribution in [-0.4, -0.2) is 45.5 Å². The van der Waals surface area contributed by atoms with Gasteiger partial charge in [0.2, 0.25) is 10.0 Å². The number of anilines is 1. The topological polar surface area (TPSA) is 49.9 Å². The molecule has 6 heteroatoms. The van der Waals surface area contributed by atoms with Gasteiger partial charge in [0.25, 0.3) is 0 Å². The highest BCUT2D eigenvalue weighted by Crippen LogP contribution is 2.33. The molecule has 0 atom stereocenters. The molecule has 1 fully saturated rings. The molecule has 0 aromatic heterocycles. The van der Waals surface area contributed by atoms with E-state index in [0.29, 0.717) is 43.4 Å². The third kappa shape index (κ3) is 5.84. The summed E-state index contributed by atoms with van der Waals surface area (Å²) in [4.78, 5) is 2.55. The molecule has 5 nitrogen and oxygen atoms in total. The summed E-state index contributed by atoms with van der Waals surface area (Å²) in [6, 6.07) is 14.0. The Bertz CT molecular complexity index is 987. The second-order valence-corrected chi connectivity index (χ2v) is 11.6. The number of hydrogen-bond donors (Lipinski definition) is 0. The Morgan fingerprint density at radius 2 is 1.59 bits per heavy atom. The van der Waals surface area contributed by atoms with Crippen molar-refractivity contribution in [2.24, 2.45) is 0 Å². The molecule has 2 aromatic carbocycles. The van der Waals surface area contributed by atoms with Gasteiger partial charge in [0, 0.05) is 31.9 Å². The zero-order valence-corrected chi connectivity index (χ0v) is 21.0. The first kappa shape index (κ1) is 24.6. The van der Waals surface area contributed by atoms with Crippen LogP contribution in [0.1, 0.15) is 58.1 Å². The summed E-state index contributed by atoms with van der Waals surface area (Å²) in [7, 11) is -3.65. The minimum atomic E-state index is -3.65. The van der Waals surface area contributed by atoms with E-state index in [4.69, 9.17) is 4.74 Å². The summed E-state index contributed by atoms with van der Waals surface area (Å²) >= 11 is 0. The normalized spacial score (nSPS) is 15.7. The molecule has 0 spiro atoms. The number of unbranched alkanes of at least 4 members (excludes halogenated alkanes) is 2. The maximum atomic E-state index is 13.7. The van der Waals surface area contributed by atoms with E-state index in [2.05, 4.69) is 63.8 Å². The molecule has 0 unspecified atom stereocenters. The van der Waals surface area contributed by atoms with Gasteiger partial charge in [-0.1, -0.05) is 64.3 Å². The van der Waals surface area contributed by atoms with E-state index in [1.807, 2.05) is 18.2 Å². The molecule has 1 heterocycles. The van der Waals surface area contributed by atoms with Crippen molar-refractivity contribution < 1.29 is 13.2 Å². The van der Waals surface area contributed by atoms with Crippen molar-refractivity contribution in [1.29, 1.82) is 0 Å². The largest absolute Gasteiger partial charge is 0.492 e. The number of hydrogen-bond acceptors (Lipinski definition) is 4. The van der Waals surface area contributed by atoms with Crippen molar-refractivity contribution >= 4 is 15.7 Å². The predicted molar refractivity (Wildman–Crippen MR) is 132 cm³/mol. The molecular formula is C26H38N2O3S. The zero-order valence-electron chi connectivity index (χ0n) is 20.2. The van der Waals surface area contributed by atoms with Crippen LogP contribution >= 0.6 is 0 Å². The van der Waals surface area contributed by atoms with Crippen molar-refractivity contribution in [3.8, 4) is 5.75 Å². The molecule has 176 valence electrons. The first-order valence-electron chi connectivity index (χ1n) is 11.7. The predicted octanol–water partition coefficient (Wildman–Crippen LogP) is 5.37. The van der Waals surface area contributed by atoms with Crippen LogP contribution in [-0.2, 0) is 15.4 Å². The third-order valence-electron chi connectivity index (χ3n) is 6.07. The lowest BCUT2D eigenvalue weighted by Gasteiger charge is -2.35. The summed E-state index contributed by atoms with van der Waals surface area (Å²) in [5, 5.41) is 0. The molecule has 2 aromatic rings. The maximum absolute atomic E-state index is 13.7. The Kier molecular flexibility index (Phi) is 7.88. The number of sulfonamides is 1. The molecular weight excluding hydrogens is 420 g/mol. The molecule has 1 aliphatic heterocycles. The standard InChI is InChI=1S/C26H38N2O3S/c1-6-7-8-19-31-24-14-11-22(26(3,4)5)20-25(24)32(29,30)28-17-15-27(16-18-28)23-12-9-21(2)10-13-23/h9-14,20H,6-8,15-19H2,1-5H3. The molecule has 0 amide bonds. The molecule has 0 saturated carbocycles. The van der Waals surface area contributed by atoms with Crippen LogP contribution in [0.25, 0.3) is 0 Å². The van der Waals surface area contributed by atoms with Crippen molar-refractivity contribution in [3.05, 3.63) is 53.6 Å². The minimum absolute atomic E-state index is 0.144. The molecule has 1 aliphatic rings. The van der Waals surface area contributed by atoms with Gasteiger partial charge in [-0.25, -0.2) is 8.42 Å². The maximum Gasteiger partial charge on any atom is 0.246 e. The smallest absolute Gasteiger partial charge is 0.246 e. The van der Waals surface area contributed by atoms with E-state index in [-0.39, 0.29) is 5.41 Å². The lowest BCUT2D eigenvalue weighted by molar-refractivity contribution is 0.296. The van der Waals surface area contributed by atoms with Gasteiger partial charge in [-0.3, -0.25) is 0 Å². The monoisotopic (exact) mass is 458 g/mol. The van der Waals surface area contributed by atoms with Crippen LogP contribution < -0.4 is 9.64 Å². The number of benzene rings is 2. The molecule has 0 radical (unpaired) electrons. The Morgan fingerprint density at radius 1 is 0.938 bits per heavy atom. The average molecular weight is 459 g/mol. The second kappa shape index (κ2) is 10.3. The van der Waals surface area contributed by atoms with E-state index in [1.165, 1.54) is 5.56 Å². The van der Waals surface area contributed by atoms with Crippen molar-refractivity contribution in [2.75, 3.05) is 37.7 Å². The zero-order chi connectivity index (χ0) is 23.4. The van der Waals surface area contributed by atoms with Crippen molar-refractivity contribution in [2.45, 2.75) is 64.2 Å².